The van der Waals surface area contributed by atoms with Crippen molar-refractivity contribution in [1.82, 2.24) is 4.98 Å². The van der Waals surface area contributed by atoms with E-state index in [1.54, 1.807) is 6.07 Å². The highest BCUT2D eigenvalue weighted by molar-refractivity contribution is 9.10. The number of benzene rings is 4. The van der Waals surface area contributed by atoms with E-state index in [0.29, 0.717) is 5.75 Å². The number of H-pyrrole nitrogens is 1. The predicted octanol–water partition coefficient (Wildman–Crippen LogP) is 6.97. The van der Waals surface area contributed by atoms with E-state index in [1.807, 2.05) is 30.3 Å². The molecule has 0 amide bonds. The summed E-state index contributed by atoms with van der Waals surface area (Å²) >= 11 is 3.60. The lowest BCUT2D eigenvalue weighted by Crippen LogP contribution is -2.04. The van der Waals surface area contributed by atoms with Crippen LogP contribution in [0.4, 0.5) is 0 Å². The Morgan fingerprint density at radius 2 is 1.57 bits per heavy atom. The minimum Gasteiger partial charge on any atom is -0.508 e. The molecule has 1 atom stereocenters. The topological polar surface area (TPSA) is 36.0 Å². The molecule has 1 heterocycles. The lowest BCUT2D eigenvalue weighted by atomic mass is 9.82. The average Bonchev–Trinajstić information content (AvgIpc) is 3.13. The van der Waals surface area contributed by atoms with Crippen LogP contribution in [0, 0.1) is 0 Å². The van der Waals surface area contributed by atoms with Gasteiger partial charge in [-0.1, -0.05) is 76.6 Å². The molecule has 4 aromatic carbocycles. The van der Waals surface area contributed by atoms with Crippen LogP contribution < -0.4 is 0 Å². The maximum Gasteiger partial charge on any atom is 0.120 e. The van der Waals surface area contributed by atoms with Crippen LogP contribution in [-0.4, -0.2) is 10.1 Å². The van der Waals surface area contributed by atoms with Crippen LogP contribution in [0.2, 0.25) is 0 Å². The van der Waals surface area contributed by atoms with Gasteiger partial charge in [-0.15, -0.1) is 0 Å². The van der Waals surface area contributed by atoms with E-state index < -0.39 is 0 Å². The molecule has 0 radical (unpaired) electrons. The fourth-order valence-electron chi connectivity index (χ4n) is 4.09. The van der Waals surface area contributed by atoms with Gasteiger partial charge in [-0.25, -0.2) is 0 Å². The number of hydrogen-bond acceptors (Lipinski definition) is 1. The van der Waals surface area contributed by atoms with E-state index in [4.69, 9.17) is 0 Å². The molecule has 0 spiro atoms. The average molecular weight is 428 g/mol. The van der Waals surface area contributed by atoms with Crippen LogP contribution in [0.3, 0.4) is 0 Å². The molecule has 1 aromatic heterocycles. The second-order valence-electron chi connectivity index (χ2n) is 7.00. The first-order chi connectivity index (χ1) is 13.7. The van der Waals surface area contributed by atoms with E-state index in [2.05, 4.69) is 75.6 Å². The van der Waals surface area contributed by atoms with Crippen molar-refractivity contribution >= 4 is 37.6 Å². The third-order valence-corrected chi connectivity index (χ3v) is 5.85. The number of fused-ring (bicyclic) bond motifs is 2. The zero-order valence-electron chi connectivity index (χ0n) is 15.1. The van der Waals surface area contributed by atoms with Crippen molar-refractivity contribution in [2.75, 3.05) is 0 Å². The summed E-state index contributed by atoms with van der Waals surface area (Å²) in [7, 11) is 0. The SMILES string of the molecule is Oc1ccc2ccccc2c1C(c1ccccc1)c1c[nH]c2ccc(Br)cc12. The summed E-state index contributed by atoms with van der Waals surface area (Å²) in [6, 6.07) is 28.6. The second-order valence-corrected chi connectivity index (χ2v) is 7.91. The highest BCUT2D eigenvalue weighted by Crippen LogP contribution is 2.43. The van der Waals surface area contributed by atoms with Crippen molar-refractivity contribution in [3.05, 3.63) is 112 Å². The van der Waals surface area contributed by atoms with E-state index in [1.165, 1.54) is 0 Å². The summed E-state index contributed by atoms with van der Waals surface area (Å²) in [6.45, 7) is 0. The molecule has 0 aliphatic heterocycles. The Bertz CT molecular complexity index is 1290. The summed E-state index contributed by atoms with van der Waals surface area (Å²) in [5.41, 5.74) is 4.31. The number of phenolic OH excluding ortho intramolecular Hbond substituents is 1. The summed E-state index contributed by atoms with van der Waals surface area (Å²) in [4.78, 5) is 3.40. The molecule has 3 heteroatoms. The van der Waals surface area contributed by atoms with Crippen molar-refractivity contribution in [3.8, 4) is 5.75 Å². The number of rotatable bonds is 3. The van der Waals surface area contributed by atoms with Crippen molar-refractivity contribution in [3.63, 3.8) is 0 Å². The zero-order chi connectivity index (χ0) is 19.1. The van der Waals surface area contributed by atoms with E-state index in [9.17, 15) is 5.11 Å². The minimum absolute atomic E-state index is 0.0876. The van der Waals surface area contributed by atoms with Gasteiger partial charge in [0, 0.05) is 33.1 Å². The van der Waals surface area contributed by atoms with Gasteiger partial charge in [-0.05, 0) is 46.2 Å². The molecule has 136 valence electrons. The number of aromatic hydroxyl groups is 1. The van der Waals surface area contributed by atoms with Gasteiger partial charge >= 0.3 is 0 Å². The van der Waals surface area contributed by atoms with Gasteiger partial charge in [0.15, 0.2) is 0 Å². The molecule has 0 saturated carbocycles. The van der Waals surface area contributed by atoms with Crippen molar-refractivity contribution in [2.45, 2.75) is 5.92 Å². The van der Waals surface area contributed by atoms with E-state index in [0.717, 1.165) is 42.8 Å². The number of aromatic amines is 1. The lowest BCUT2D eigenvalue weighted by molar-refractivity contribution is 0.468. The zero-order valence-corrected chi connectivity index (χ0v) is 16.6. The van der Waals surface area contributed by atoms with Crippen LogP contribution in [0.25, 0.3) is 21.7 Å². The molecule has 2 nitrogen and oxygen atoms in total. The fourth-order valence-corrected chi connectivity index (χ4v) is 4.45. The van der Waals surface area contributed by atoms with Gasteiger partial charge in [-0.2, -0.15) is 0 Å². The molecule has 0 bridgehead atoms. The maximum absolute atomic E-state index is 10.9. The van der Waals surface area contributed by atoms with Crippen molar-refractivity contribution < 1.29 is 5.11 Å². The number of phenols is 1. The molecule has 0 saturated heterocycles. The van der Waals surface area contributed by atoms with Gasteiger partial charge in [0.1, 0.15) is 5.75 Å². The summed E-state index contributed by atoms with van der Waals surface area (Å²) in [5.74, 6) is 0.229. The Hall–Kier alpha value is -3.04. The number of aromatic nitrogens is 1. The lowest BCUT2D eigenvalue weighted by Gasteiger charge is -2.21. The molecule has 0 aliphatic carbocycles. The number of nitrogens with one attached hydrogen (secondary N) is 1. The van der Waals surface area contributed by atoms with E-state index >= 15 is 0 Å². The standard InChI is InChI=1S/C25H18BrNO/c26-18-11-12-22-20(14-18)21(15-27-22)24(17-7-2-1-3-8-17)25-19-9-5-4-6-16(19)10-13-23(25)28/h1-15,24,27-28H. The summed E-state index contributed by atoms with van der Waals surface area (Å²) < 4.78 is 1.04. The van der Waals surface area contributed by atoms with Crippen LogP contribution >= 0.6 is 15.9 Å². The normalized spacial score (nSPS) is 12.5. The first-order valence-electron chi connectivity index (χ1n) is 9.24. The third kappa shape index (κ3) is 2.79. The van der Waals surface area contributed by atoms with Gasteiger partial charge in [0.25, 0.3) is 0 Å². The monoisotopic (exact) mass is 427 g/mol. The Labute approximate surface area is 171 Å². The van der Waals surface area contributed by atoms with Crippen LogP contribution in [0.15, 0.2) is 95.6 Å². The smallest absolute Gasteiger partial charge is 0.120 e. The van der Waals surface area contributed by atoms with Crippen LogP contribution in [-0.2, 0) is 0 Å². The molecule has 0 aliphatic rings. The van der Waals surface area contributed by atoms with Gasteiger partial charge < -0.3 is 10.1 Å². The van der Waals surface area contributed by atoms with Crippen molar-refractivity contribution in [2.24, 2.45) is 0 Å². The highest BCUT2D eigenvalue weighted by atomic mass is 79.9. The summed E-state index contributed by atoms with van der Waals surface area (Å²) in [6.07, 6.45) is 2.07. The fraction of sp³-hybridized carbons (Fsp3) is 0.0400. The van der Waals surface area contributed by atoms with Gasteiger partial charge in [0.05, 0.1) is 0 Å². The first kappa shape index (κ1) is 17.1. The minimum atomic E-state index is -0.0876. The molecular weight excluding hydrogens is 410 g/mol. The molecule has 28 heavy (non-hydrogen) atoms. The molecule has 1 unspecified atom stereocenters. The molecule has 0 fully saturated rings. The maximum atomic E-state index is 10.9. The van der Waals surface area contributed by atoms with Crippen molar-refractivity contribution in [1.29, 1.82) is 0 Å². The van der Waals surface area contributed by atoms with E-state index in [-0.39, 0.29) is 5.92 Å². The molecular formula is C25H18BrNO. The van der Waals surface area contributed by atoms with Crippen LogP contribution in [0.5, 0.6) is 5.75 Å². The third-order valence-electron chi connectivity index (χ3n) is 5.36. The Balaban J connectivity index is 1.87. The quantitative estimate of drug-likeness (QED) is 0.320. The van der Waals surface area contributed by atoms with Gasteiger partial charge in [0.2, 0.25) is 0 Å². The summed E-state index contributed by atoms with van der Waals surface area (Å²) in [5, 5.41) is 14.3. The Kier molecular flexibility index (Phi) is 4.18. The van der Waals surface area contributed by atoms with Crippen LogP contribution in [0.1, 0.15) is 22.6 Å². The Morgan fingerprint density at radius 3 is 2.43 bits per heavy atom. The largest absolute Gasteiger partial charge is 0.508 e. The molecule has 2 N–H and O–H groups in total. The molecule has 5 aromatic rings. The predicted molar refractivity (Wildman–Crippen MR) is 119 cm³/mol. The number of hydrogen-bond donors (Lipinski definition) is 2. The number of halogens is 1. The first-order valence-corrected chi connectivity index (χ1v) is 10.0. The molecule has 5 rings (SSSR count). The highest BCUT2D eigenvalue weighted by Gasteiger charge is 2.25. The second kappa shape index (κ2) is 6.84. The van der Waals surface area contributed by atoms with Gasteiger partial charge in [-0.3, -0.25) is 0 Å². The Morgan fingerprint density at radius 1 is 0.786 bits per heavy atom.